The van der Waals surface area contributed by atoms with Crippen LogP contribution in [0.1, 0.15) is 55.1 Å². The van der Waals surface area contributed by atoms with Gasteiger partial charge in [-0.05, 0) is 44.7 Å². The number of methoxy groups -OCH3 is 1. The third-order valence-corrected chi connectivity index (χ3v) is 4.22. The van der Waals surface area contributed by atoms with Crippen LogP contribution in [0.3, 0.4) is 0 Å². The summed E-state index contributed by atoms with van der Waals surface area (Å²) in [6.07, 6.45) is 6.64. The average molecular weight is 276 g/mol. The highest BCUT2D eigenvalue weighted by Gasteiger charge is 2.20. The zero-order valence-corrected chi connectivity index (χ0v) is 12.6. The van der Waals surface area contributed by atoms with Crippen LogP contribution >= 0.6 is 0 Å². The molecule has 1 fully saturated rings. The average Bonchev–Trinajstić information content (AvgIpc) is 2.47. The van der Waals surface area contributed by atoms with E-state index in [0.717, 1.165) is 11.7 Å². The number of carbonyl (C=O) groups excluding carboxylic acids is 1. The Labute approximate surface area is 120 Å². The van der Waals surface area contributed by atoms with Crippen LogP contribution in [-0.4, -0.2) is 24.1 Å². The number of hydrogen-bond acceptors (Lipinski definition) is 4. The zero-order valence-electron chi connectivity index (χ0n) is 12.6. The number of anilines is 1. The highest BCUT2D eigenvalue weighted by atomic mass is 16.5. The topological polar surface area (TPSA) is 51.2 Å². The zero-order chi connectivity index (χ0) is 14.5. The van der Waals surface area contributed by atoms with Gasteiger partial charge in [0.25, 0.3) is 0 Å². The van der Waals surface area contributed by atoms with E-state index in [4.69, 9.17) is 4.74 Å². The van der Waals surface area contributed by atoms with E-state index in [1.165, 1.54) is 39.2 Å². The molecule has 4 heteroatoms. The molecule has 0 aromatic carbocycles. The second-order valence-corrected chi connectivity index (χ2v) is 5.65. The summed E-state index contributed by atoms with van der Waals surface area (Å²) in [5, 5.41) is 3.47. The van der Waals surface area contributed by atoms with Crippen molar-refractivity contribution in [2.75, 3.05) is 12.4 Å². The van der Waals surface area contributed by atoms with Gasteiger partial charge >= 0.3 is 5.97 Å². The summed E-state index contributed by atoms with van der Waals surface area (Å²) >= 11 is 0. The number of esters is 1. The predicted octanol–water partition coefficient (Wildman–Crippen LogP) is 3.56. The summed E-state index contributed by atoms with van der Waals surface area (Å²) in [5.74, 6) is 1.24. The molecular formula is C16H24N2O2. The fourth-order valence-electron chi connectivity index (χ4n) is 2.95. The Hall–Kier alpha value is -1.58. The van der Waals surface area contributed by atoms with Crippen molar-refractivity contribution >= 4 is 11.8 Å². The first-order chi connectivity index (χ1) is 9.61. The minimum atomic E-state index is -0.332. The van der Waals surface area contributed by atoms with Gasteiger partial charge in [0.05, 0.1) is 18.4 Å². The highest BCUT2D eigenvalue weighted by molar-refractivity contribution is 5.90. The van der Waals surface area contributed by atoms with Crippen LogP contribution in [0.2, 0.25) is 0 Å². The molecule has 2 rings (SSSR count). The Morgan fingerprint density at radius 3 is 2.65 bits per heavy atom. The summed E-state index contributed by atoms with van der Waals surface area (Å²) < 4.78 is 4.73. The lowest BCUT2D eigenvalue weighted by Gasteiger charge is -2.28. The molecule has 110 valence electrons. The second-order valence-electron chi connectivity index (χ2n) is 5.65. The molecule has 1 saturated carbocycles. The van der Waals surface area contributed by atoms with Crippen molar-refractivity contribution in [1.82, 2.24) is 4.98 Å². The van der Waals surface area contributed by atoms with Crippen LogP contribution in [0.4, 0.5) is 5.82 Å². The first kappa shape index (κ1) is 14.8. The van der Waals surface area contributed by atoms with E-state index in [1.54, 1.807) is 6.07 Å². The van der Waals surface area contributed by atoms with Crippen LogP contribution in [-0.2, 0) is 4.74 Å². The number of carbonyl (C=O) groups is 1. The third-order valence-electron chi connectivity index (χ3n) is 4.22. The predicted molar refractivity (Wildman–Crippen MR) is 80.0 cm³/mol. The minimum absolute atomic E-state index is 0.332. The van der Waals surface area contributed by atoms with E-state index in [1.807, 2.05) is 13.0 Å². The number of hydrogen-bond donors (Lipinski definition) is 1. The fourth-order valence-corrected chi connectivity index (χ4v) is 2.95. The number of nitrogens with zero attached hydrogens (tertiary/aromatic N) is 1. The molecule has 0 spiro atoms. The molecule has 1 aromatic rings. The maximum atomic E-state index is 11.5. The minimum Gasteiger partial charge on any atom is -0.465 e. The van der Waals surface area contributed by atoms with Crippen molar-refractivity contribution in [1.29, 1.82) is 0 Å². The van der Waals surface area contributed by atoms with Crippen LogP contribution in [0.25, 0.3) is 0 Å². The summed E-state index contributed by atoms with van der Waals surface area (Å²) in [5.41, 5.74) is 1.24. The van der Waals surface area contributed by atoms with Gasteiger partial charge in [0, 0.05) is 6.04 Å². The van der Waals surface area contributed by atoms with Crippen LogP contribution in [0, 0.1) is 12.8 Å². The van der Waals surface area contributed by atoms with Gasteiger partial charge in [-0.25, -0.2) is 9.78 Å². The Kier molecular flexibility index (Phi) is 4.99. The lowest BCUT2D eigenvalue weighted by atomic mass is 9.84. The van der Waals surface area contributed by atoms with E-state index in [-0.39, 0.29) is 5.97 Å². The summed E-state index contributed by atoms with van der Waals surface area (Å²) in [7, 11) is 1.39. The van der Waals surface area contributed by atoms with Crippen LogP contribution in [0.15, 0.2) is 12.1 Å². The van der Waals surface area contributed by atoms with Crippen LogP contribution in [0.5, 0.6) is 0 Å². The number of aromatic nitrogens is 1. The maximum Gasteiger partial charge on any atom is 0.339 e. The Morgan fingerprint density at radius 2 is 2.05 bits per heavy atom. The monoisotopic (exact) mass is 276 g/mol. The van der Waals surface area contributed by atoms with Crippen molar-refractivity contribution in [3.63, 3.8) is 0 Å². The summed E-state index contributed by atoms with van der Waals surface area (Å²) in [6.45, 7) is 4.06. The molecule has 0 bridgehead atoms. The van der Waals surface area contributed by atoms with Crippen molar-refractivity contribution in [3.8, 4) is 0 Å². The Balaban J connectivity index is 2.02. The normalized spacial score (nSPS) is 17.6. The quantitative estimate of drug-likeness (QED) is 0.854. The first-order valence-electron chi connectivity index (χ1n) is 7.44. The molecule has 1 N–H and O–H groups in total. The van der Waals surface area contributed by atoms with Crippen molar-refractivity contribution < 1.29 is 9.53 Å². The Morgan fingerprint density at radius 1 is 1.35 bits per heavy atom. The number of nitrogens with one attached hydrogen (secondary N) is 1. The smallest absolute Gasteiger partial charge is 0.339 e. The van der Waals surface area contributed by atoms with E-state index in [0.29, 0.717) is 17.3 Å². The molecule has 1 heterocycles. The molecule has 0 radical (unpaired) electrons. The summed E-state index contributed by atoms with van der Waals surface area (Å²) in [6, 6.07) is 4.06. The van der Waals surface area contributed by atoms with Gasteiger partial charge in [0.1, 0.15) is 5.82 Å². The molecule has 0 aliphatic heterocycles. The lowest BCUT2D eigenvalue weighted by Crippen LogP contribution is -2.28. The number of rotatable bonds is 4. The third kappa shape index (κ3) is 3.50. The van der Waals surface area contributed by atoms with Crippen molar-refractivity contribution in [2.24, 2.45) is 5.92 Å². The fraction of sp³-hybridized carbons (Fsp3) is 0.625. The van der Waals surface area contributed by atoms with Gasteiger partial charge in [-0.3, -0.25) is 0 Å². The largest absolute Gasteiger partial charge is 0.465 e. The van der Waals surface area contributed by atoms with Gasteiger partial charge in [0.15, 0.2) is 0 Å². The molecular weight excluding hydrogens is 252 g/mol. The van der Waals surface area contributed by atoms with Crippen molar-refractivity contribution in [3.05, 3.63) is 23.4 Å². The molecule has 1 atom stereocenters. The molecule has 20 heavy (non-hydrogen) atoms. The van der Waals surface area contributed by atoms with E-state index < -0.39 is 0 Å². The number of ether oxygens (including phenoxy) is 1. The van der Waals surface area contributed by atoms with Gasteiger partial charge in [-0.15, -0.1) is 0 Å². The molecule has 1 aliphatic rings. The van der Waals surface area contributed by atoms with E-state index in [9.17, 15) is 4.79 Å². The molecule has 1 aliphatic carbocycles. The van der Waals surface area contributed by atoms with E-state index in [2.05, 4.69) is 17.2 Å². The molecule has 1 aromatic heterocycles. The maximum absolute atomic E-state index is 11.5. The van der Waals surface area contributed by atoms with Crippen molar-refractivity contribution in [2.45, 2.75) is 52.0 Å². The standard InChI is InChI=1S/C16H24N2O2/c1-11(13-7-5-4-6-8-13)17-15-10-9-14(12(2)18-15)16(19)20-3/h9-11,13H,4-8H2,1-3H3,(H,17,18). The molecule has 0 amide bonds. The van der Waals surface area contributed by atoms with Crippen LogP contribution < -0.4 is 5.32 Å². The van der Waals surface area contributed by atoms with Gasteiger partial charge in [-0.2, -0.15) is 0 Å². The second kappa shape index (κ2) is 6.73. The highest BCUT2D eigenvalue weighted by Crippen LogP contribution is 2.27. The molecule has 4 nitrogen and oxygen atoms in total. The molecule has 0 saturated heterocycles. The lowest BCUT2D eigenvalue weighted by molar-refractivity contribution is 0.0599. The van der Waals surface area contributed by atoms with Gasteiger partial charge in [0.2, 0.25) is 0 Å². The SMILES string of the molecule is COC(=O)c1ccc(NC(C)C2CCCCC2)nc1C. The summed E-state index contributed by atoms with van der Waals surface area (Å²) in [4.78, 5) is 16.0. The van der Waals surface area contributed by atoms with E-state index >= 15 is 0 Å². The van der Waals surface area contributed by atoms with Gasteiger partial charge < -0.3 is 10.1 Å². The van der Waals surface area contributed by atoms with Gasteiger partial charge in [-0.1, -0.05) is 19.3 Å². The number of aryl methyl sites for hydroxylation is 1. The first-order valence-corrected chi connectivity index (χ1v) is 7.44. The molecule has 1 unspecified atom stereocenters. The Bertz CT molecular complexity index is 468. The number of pyridine rings is 1.